The molecular formula is C13H10F3NO5. The fraction of sp³-hybridized carbons (Fsp3) is 0.308. The molecule has 1 aromatic rings. The summed E-state index contributed by atoms with van der Waals surface area (Å²) < 4.78 is 40.3. The molecule has 1 saturated heterocycles. The lowest BCUT2D eigenvalue weighted by Crippen LogP contribution is -2.32. The van der Waals surface area contributed by atoms with Gasteiger partial charge in [-0.05, 0) is 30.7 Å². The largest absolute Gasteiger partial charge is 0.573 e. The third kappa shape index (κ3) is 3.74. The predicted octanol–water partition coefficient (Wildman–Crippen LogP) is 2.11. The summed E-state index contributed by atoms with van der Waals surface area (Å²) in [5, 5.41) is 0.314. The second-order valence-corrected chi connectivity index (χ2v) is 4.54. The van der Waals surface area contributed by atoms with Gasteiger partial charge in [-0.15, -0.1) is 18.2 Å². The Morgan fingerprint density at radius 3 is 2.27 bits per heavy atom. The number of hydroxylamine groups is 2. The van der Waals surface area contributed by atoms with E-state index in [1.807, 2.05) is 0 Å². The molecule has 0 spiro atoms. The molecule has 118 valence electrons. The maximum atomic E-state index is 12.2. The molecule has 0 N–H and O–H groups in total. The fourth-order valence-electron chi connectivity index (χ4n) is 1.85. The van der Waals surface area contributed by atoms with Crippen LogP contribution in [-0.2, 0) is 14.4 Å². The van der Waals surface area contributed by atoms with Gasteiger partial charge in [0.05, 0.1) is 5.56 Å². The molecule has 1 aromatic carbocycles. The van der Waals surface area contributed by atoms with E-state index in [4.69, 9.17) is 0 Å². The van der Waals surface area contributed by atoms with E-state index < -0.39 is 29.9 Å². The molecule has 0 bridgehead atoms. The third-order valence-corrected chi connectivity index (χ3v) is 2.70. The molecule has 9 heteroatoms. The van der Waals surface area contributed by atoms with Crippen molar-refractivity contribution in [3.05, 3.63) is 29.3 Å². The van der Waals surface area contributed by atoms with E-state index in [0.717, 1.165) is 12.1 Å². The monoisotopic (exact) mass is 317 g/mol. The van der Waals surface area contributed by atoms with Gasteiger partial charge in [-0.25, -0.2) is 4.79 Å². The van der Waals surface area contributed by atoms with Crippen molar-refractivity contribution in [2.24, 2.45) is 0 Å². The predicted molar refractivity (Wildman–Crippen MR) is 64.4 cm³/mol. The number of amides is 2. The fourth-order valence-corrected chi connectivity index (χ4v) is 1.85. The molecule has 0 unspecified atom stereocenters. The van der Waals surface area contributed by atoms with Crippen LogP contribution in [0.3, 0.4) is 0 Å². The van der Waals surface area contributed by atoms with Crippen molar-refractivity contribution in [1.29, 1.82) is 0 Å². The zero-order chi connectivity index (χ0) is 16.5. The first-order valence-electron chi connectivity index (χ1n) is 6.11. The number of hydrogen-bond donors (Lipinski definition) is 0. The summed E-state index contributed by atoms with van der Waals surface area (Å²) in [6.45, 7) is 1.45. The van der Waals surface area contributed by atoms with Crippen LogP contribution in [0.2, 0.25) is 0 Å². The molecule has 2 rings (SSSR count). The van der Waals surface area contributed by atoms with Crippen molar-refractivity contribution < 1.29 is 37.1 Å². The molecule has 0 saturated carbocycles. The number of aryl methyl sites for hydroxylation is 1. The smallest absolute Gasteiger partial charge is 0.406 e. The van der Waals surface area contributed by atoms with Crippen LogP contribution in [0.4, 0.5) is 13.2 Å². The lowest BCUT2D eigenvalue weighted by molar-refractivity contribution is -0.274. The number of halogens is 3. The first kappa shape index (κ1) is 15.8. The topological polar surface area (TPSA) is 72.9 Å². The minimum atomic E-state index is -4.91. The Morgan fingerprint density at radius 1 is 1.14 bits per heavy atom. The van der Waals surface area contributed by atoms with Crippen LogP contribution in [0, 0.1) is 6.92 Å². The lowest BCUT2D eigenvalue weighted by atomic mass is 10.1. The van der Waals surface area contributed by atoms with Crippen LogP contribution in [0.25, 0.3) is 0 Å². The number of alkyl halides is 3. The van der Waals surface area contributed by atoms with Gasteiger partial charge >= 0.3 is 12.3 Å². The highest BCUT2D eigenvalue weighted by molar-refractivity contribution is 6.02. The number of hydrogen-bond acceptors (Lipinski definition) is 5. The maximum Gasteiger partial charge on any atom is 0.573 e. The molecule has 1 aliphatic heterocycles. The van der Waals surface area contributed by atoms with Crippen LogP contribution < -0.4 is 4.74 Å². The Balaban J connectivity index is 2.19. The third-order valence-electron chi connectivity index (χ3n) is 2.70. The van der Waals surface area contributed by atoms with Crippen molar-refractivity contribution in [3.8, 4) is 5.75 Å². The van der Waals surface area contributed by atoms with Crippen LogP contribution in [0.1, 0.15) is 28.8 Å². The number of benzene rings is 1. The zero-order valence-corrected chi connectivity index (χ0v) is 11.3. The first-order valence-corrected chi connectivity index (χ1v) is 6.11. The molecule has 0 atom stereocenters. The Hall–Kier alpha value is -2.58. The van der Waals surface area contributed by atoms with E-state index in [9.17, 15) is 27.6 Å². The highest BCUT2D eigenvalue weighted by atomic mass is 19.4. The van der Waals surface area contributed by atoms with E-state index in [1.165, 1.54) is 13.0 Å². The maximum absolute atomic E-state index is 12.2. The van der Waals surface area contributed by atoms with E-state index in [0.29, 0.717) is 10.6 Å². The Morgan fingerprint density at radius 2 is 1.73 bits per heavy atom. The molecule has 0 aliphatic carbocycles. The summed E-state index contributed by atoms with van der Waals surface area (Å²) >= 11 is 0. The van der Waals surface area contributed by atoms with Gasteiger partial charge in [0.2, 0.25) is 0 Å². The second kappa shape index (κ2) is 5.66. The molecule has 2 amide bonds. The van der Waals surface area contributed by atoms with Crippen LogP contribution in [0.5, 0.6) is 5.75 Å². The van der Waals surface area contributed by atoms with Gasteiger partial charge in [-0.1, -0.05) is 0 Å². The molecule has 22 heavy (non-hydrogen) atoms. The molecular weight excluding hydrogens is 307 g/mol. The zero-order valence-electron chi connectivity index (χ0n) is 11.3. The first-order chi connectivity index (χ1) is 10.2. The average molecular weight is 317 g/mol. The summed E-state index contributed by atoms with van der Waals surface area (Å²) in [7, 11) is 0. The molecule has 0 radical (unpaired) electrons. The van der Waals surface area contributed by atoms with Crippen molar-refractivity contribution in [1.82, 2.24) is 5.06 Å². The number of rotatable bonds is 3. The normalized spacial score (nSPS) is 15.2. The van der Waals surface area contributed by atoms with Gasteiger partial charge in [-0.2, -0.15) is 0 Å². The van der Waals surface area contributed by atoms with E-state index in [1.54, 1.807) is 0 Å². The molecule has 1 fully saturated rings. The molecule has 0 aromatic heterocycles. The van der Waals surface area contributed by atoms with Crippen molar-refractivity contribution in [2.75, 3.05) is 0 Å². The van der Waals surface area contributed by atoms with E-state index >= 15 is 0 Å². The standard InChI is InChI=1S/C13H10F3NO5/c1-7-4-8(6-9(5-7)21-13(14,15)16)12(20)22-17-10(18)2-3-11(17)19/h4-6H,2-3H2,1H3. The molecule has 1 aliphatic rings. The quantitative estimate of drug-likeness (QED) is 0.798. The summed E-state index contributed by atoms with van der Waals surface area (Å²) in [5.74, 6) is -3.09. The summed E-state index contributed by atoms with van der Waals surface area (Å²) in [6, 6.07) is 3.14. The van der Waals surface area contributed by atoms with Crippen molar-refractivity contribution in [2.45, 2.75) is 26.1 Å². The number of ether oxygens (including phenoxy) is 1. The number of nitrogens with zero attached hydrogens (tertiary/aromatic N) is 1. The lowest BCUT2D eigenvalue weighted by Gasteiger charge is -2.14. The molecule has 1 heterocycles. The Kier molecular flexibility index (Phi) is 4.07. The van der Waals surface area contributed by atoms with Gasteiger partial charge in [0.15, 0.2) is 0 Å². The molecule has 6 nitrogen and oxygen atoms in total. The highest BCUT2D eigenvalue weighted by Gasteiger charge is 2.34. The summed E-state index contributed by atoms with van der Waals surface area (Å²) in [5.41, 5.74) is 0.0412. The Bertz CT molecular complexity index is 625. The van der Waals surface area contributed by atoms with Gasteiger partial charge in [0.1, 0.15) is 5.75 Å². The van der Waals surface area contributed by atoms with Gasteiger partial charge < -0.3 is 9.57 Å². The van der Waals surface area contributed by atoms with Crippen molar-refractivity contribution >= 4 is 17.8 Å². The van der Waals surface area contributed by atoms with Crippen LogP contribution in [0.15, 0.2) is 18.2 Å². The van der Waals surface area contributed by atoms with E-state index in [2.05, 4.69) is 9.57 Å². The number of carbonyl (C=O) groups excluding carboxylic acids is 3. The van der Waals surface area contributed by atoms with Gasteiger partial charge in [0.25, 0.3) is 11.8 Å². The second-order valence-electron chi connectivity index (χ2n) is 4.54. The Labute approximate surface area is 122 Å². The van der Waals surface area contributed by atoms with Crippen LogP contribution in [-0.4, -0.2) is 29.2 Å². The summed E-state index contributed by atoms with van der Waals surface area (Å²) in [4.78, 5) is 39.1. The number of imide groups is 1. The van der Waals surface area contributed by atoms with Crippen LogP contribution >= 0.6 is 0 Å². The van der Waals surface area contributed by atoms with Gasteiger partial charge in [0, 0.05) is 12.8 Å². The SMILES string of the molecule is Cc1cc(OC(F)(F)F)cc(C(=O)ON2C(=O)CCC2=O)c1. The van der Waals surface area contributed by atoms with Gasteiger partial charge in [-0.3, -0.25) is 9.59 Å². The minimum Gasteiger partial charge on any atom is -0.406 e. The minimum absolute atomic E-state index is 0.0810. The highest BCUT2D eigenvalue weighted by Crippen LogP contribution is 2.25. The van der Waals surface area contributed by atoms with Crippen molar-refractivity contribution in [3.63, 3.8) is 0 Å². The number of carbonyl (C=O) groups is 3. The summed E-state index contributed by atoms with van der Waals surface area (Å²) in [6.07, 6.45) is -5.07. The van der Waals surface area contributed by atoms with E-state index in [-0.39, 0.29) is 18.4 Å². The average Bonchev–Trinajstić information content (AvgIpc) is 2.67.